The Kier molecular flexibility index (Phi) is 10.6. The number of hydrogen-bond donors (Lipinski definition) is 1. The number of anilines is 1. The van der Waals surface area contributed by atoms with Gasteiger partial charge in [-0.1, -0.05) is 30.3 Å². The van der Waals surface area contributed by atoms with Crippen molar-refractivity contribution in [3.05, 3.63) is 59.2 Å². The largest absolute Gasteiger partial charge is 0.476 e. The van der Waals surface area contributed by atoms with Crippen molar-refractivity contribution < 1.29 is 41.8 Å². The van der Waals surface area contributed by atoms with Crippen LogP contribution < -0.4 is 15.0 Å². The van der Waals surface area contributed by atoms with Crippen molar-refractivity contribution in [2.24, 2.45) is 5.92 Å². The highest BCUT2D eigenvalue weighted by atomic mass is 19.4. The van der Waals surface area contributed by atoms with Crippen LogP contribution in [0.3, 0.4) is 0 Å². The van der Waals surface area contributed by atoms with Gasteiger partial charge in [0.05, 0.1) is 22.9 Å². The molecule has 2 atom stereocenters. The number of likely N-dealkylation sites (tertiary alicyclic amines) is 1. The van der Waals surface area contributed by atoms with Crippen LogP contribution in [-0.2, 0) is 26.9 Å². The molecule has 0 bridgehead atoms. The second kappa shape index (κ2) is 13.9. The van der Waals surface area contributed by atoms with Gasteiger partial charge in [0.2, 0.25) is 0 Å². The second-order valence-electron chi connectivity index (χ2n) is 13.4. The number of benzene rings is 2. The van der Waals surface area contributed by atoms with Crippen LogP contribution >= 0.6 is 0 Å². The predicted molar refractivity (Wildman–Crippen MR) is 167 cm³/mol. The fraction of sp³-hybridized carbons (Fsp3) is 0.559. The molecule has 0 radical (unpaired) electrons. The lowest BCUT2D eigenvalue weighted by Crippen LogP contribution is -2.55. The van der Waals surface area contributed by atoms with Gasteiger partial charge >= 0.3 is 12.3 Å². The first kappa shape index (κ1) is 35.1. The first-order valence-electron chi connectivity index (χ1n) is 15.6. The molecule has 2 heterocycles. The van der Waals surface area contributed by atoms with E-state index in [-0.39, 0.29) is 30.4 Å². The molecule has 12 heteroatoms. The number of nitrogens with one attached hydrogen (secondary N) is 1. The number of halogens is 3. The number of carbonyl (C=O) groups is 3. The van der Waals surface area contributed by atoms with Gasteiger partial charge in [-0.15, -0.1) is 0 Å². The minimum absolute atomic E-state index is 0.0614. The maximum Gasteiger partial charge on any atom is 0.417 e. The van der Waals surface area contributed by atoms with E-state index in [1.54, 1.807) is 27.9 Å². The normalized spacial score (nSPS) is 19.7. The number of rotatable bonds is 9. The second-order valence-corrected chi connectivity index (χ2v) is 13.4. The number of piperidine rings is 1. The van der Waals surface area contributed by atoms with E-state index in [1.807, 2.05) is 30.3 Å². The molecule has 1 saturated heterocycles. The Morgan fingerprint density at radius 2 is 1.78 bits per heavy atom. The Labute approximate surface area is 268 Å². The zero-order chi connectivity index (χ0) is 33.9. The predicted octanol–water partition coefficient (Wildman–Crippen LogP) is 6.23. The van der Waals surface area contributed by atoms with Crippen LogP contribution in [0.1, 0.15) is 75.4 Å². The number of hydrogen-bond acceptors (Lipinski definition) is 6. The molecule has 2 aliphatic rings. The first-order chi connectivity index (χ1) is 21.5. The average molecular weight is 648 g/mol. The van der Waals surface area contributed by atoms with Crippen LogP contribution in [0.25, 0.3) is 0 Å². The van der Waals surface area contributed by atoms with Crippen molar-refractivity contribution in [2.45, 2.75) is 83.7 Å². The van der Waals surface area contributed by atoms with Gasteiger partial charge in [0.15, 0.2) is 5.60 Å². The molecule has 1 N–H and O–H groups in total. The van der Waals surface area contributed by atoms with Crippen LogP contribution in [-0.4, -0.2) is 73.4 Å². The van der Waals surface area contributed by atoms with E-state index in [2.05, 4.69) is 5.32 Å². The number of ether oxygens (including phenoxy) is 3. The summed E-state index contributed by atoms with van der Waals surface area (Å²) in [4.78, 5) is 43.1. The third kappa shape index (κ3) is 8.51. The summed E-state index contributed by atoms with van der Waals surface area (Å²) in [6.45, 7) is 9.35. The third-order valence-corrected chi connectivity index (χ3v) is 8.11. The maximum absolute atomic E-state index is 14.5. The van der Waals surface area contributed by atoms with Gasteiger partial charge in [-0.05, 0) is 83.9 Å². The quantitative estimate of drug-likeness (QED) is 0.324. The van der Waals surface area contributed by atoms with E-state index in [0.717, 1.165) is 17.7 Å². The fourth-order valence-corrected chi connectivity index (χ4v) is 5.84. The summed E-state index contributed by atoms with van der Waals surface area (Å²) >= 11 is 0. The summed E-state index contributed by atoms with van der Waals surface area (Å²) in [5.74, 6) is -1.68. The molecule has 9 nitrogen and oxygen atoms in total. The number of nitrogens with zero attached hydrogens (tertiary/aromatic N) is 2. The van der Waals surface area contributed by atoms with Gasteiger partial charge < -0.3 is 29.3 Å². The molecule has 2 aliphatic heterocycles. The van der Waals surface area contributed by atoms with Crippen LogP contribution in [0.15, 0.2) is 42.5 Å². The molecular weight excluding hydrogens is 603 g/mol. The van der Waals surface area contributed by atoms with Crippen molar-refractivity contribution >= 4 is 23.6 Å². The zero-order valence-electron chi connectivity index (χ0n) is 27.3. The van der Waals surface area contributed by atoms with Gasteiger partial charge in [0.1, 0.15) is 11.4 Å². The van der Waals surface area contributed by atoms with E-state index >= 15 is 0 Å². The summed E-state index contributed by atoms with van der Waals surface area (Å²) in [6.07, 6.45) is -3.24. The topological polar surface area (TPSA) is 97.4 Å². The molecule has 2 aromatic rings. The lowest BCUT2D eigenvalue weighted by Gasteiger charge is -2.40. The summed E-state index contributed by atoms with van der Waals surface area (Å²) in [6, 6.07) is 10.8. The van der Waals surface area contributed by atoms with E-state index in [0.29, 0.717) is 38.8 Å². The van der Waals surface area contributed by atoms with E-state index in [4.69, 9.17) is 14.2 Å². The first-order valence-corrected chi connectivity index (χ1v) is 15.6. The van der Waals surface area contributed by atoms with Crippen molar-refractivity contribution in [2.75, 3.05) is 38.3 Å². The van der Waals surface area contributed by atoms with Crippen molar-refractivity contribution in [3.63, 3.8) is 0 Å². The molecule has 0 saturated carbocycles. The molecular formula is C34H44F3N3O6. The Bertz CT molecular complexity index is 1410. The molecule has 3 amide bonds. The Morgan fingerprint density at radius 3 is 2.41 bits per heavy atom. The minimum atomic E-state index is -4.89. The zero-order valence-corrected chi connectivity index (χ0v) is 27.3. The maximum atomic E-state index is 14.5. The molecule has 4 rings (SSSR count). The SMILES string of the molecule is COCCCCN1C(=O)C(C)(C)Oc2cc(C(F)(F)F)c(C(=O)NC3CN(C(=O)OC(C)(C)C)CC[C@@H]3Cc3ccccc3)cc21. The van der Waals surface area contributed by atoms with E-state index in [9.17, 15) is 27.6 Å². The van der Waals surface area contributed by atoms with Crippen LogP contribution in [0, 0.1) is 5.92 Å². The van der Waals surface area contributed by atoms with Gasteiger partial charge in [0.25, 0.3) is 11.8 Å². The minimum Gasteiger partial charge on any atom is -0.476 e. The number of alkyl halides is 3. The van der Waals surface area contributed by atoms with Gasteiger partial charge in [-0.2, -0.15) is 13.2 Å². The summed E-state index contributed by atoms with van der Waals surface area (Å²) in [5.41, 5.74) is -2.85. The van der Waals surface area contributed by atoms with Gasteiger partial charge in [-0.25, -0.2) is 4.79 Å². The van der Waals surface area contributed by atoms with Gasteiger partial charge in [-0.3, -0.25) is 9.59 Å². The highest BCUT2D eigenvalue weighted by Crippen LogP contribution is 2.44. The molecule has 252 valence electrons. The molecule has 0 aromatic heterocycles. The lowest BCUT2D eigenvalue weighted by atomic mass is 9.85. The van der Waals surface area contributed by atoms with Crippen LogP contribution in [0.2, 0.25) is 0 Å². The highest BCUT2D eigenvalue weighted by molar-refractivity contribution is 6.05. The van der Waals surface area contributed by atoms with Crippen LogP contribution in [0.4, 0.5) is 23.7 Å². The Morgan fingerprint density at radius 1 is 1.09 bits per heavy atom. The fourth-order valence-electron chi connectivity index (χ4n) is 5.84. The summed E-state index contributed by atoms with van der Waals surface area (Å²) in [7, 11) is 1.56. The molecule has 0 aliphatic carbocycles. The standard InChI is InChI=1S/C34H44F3N3O6/c1-32(2,3)46-31(43)39-16-14-23(18-22-12-8-7-9-13-22)26(21-39)38-29(41)24-19-27-28(20-25(24)34(35,36)37)45-33(4,5)30(42)40(27)15-10-11-17-44-6/h7-9,12-13,19-20,23,26H,10-11,14-18,21H2,1-6H3,(H,38,41)/t23-,26?/m1/s1. The Balaban J connectivity index is 1.69. The van der Waals surface area contributed by atoms with Gasteiger partial charge in [0, 0.05) is 33.4 Å². The van der Waals surface area contributed by atoms with Crippen LogP contribution in [0.5, 0.6) is 5.75 Å². The number of carbonyl (C=O) groups excluding carboxylic acids is 3. The number of unbranched alkanes of at least 4 members (excludes halogenated alkanes) is 1. The summed E-state index contributed by atoms with van der Waals surface area (Å²) in [5, 5.41) is 2.83. The number of fused-ring (bicyclic) bond motifs is 1. The third-order valence-electron chi connectivity index (χ3n) is 8.11. The summed E-state index contributed by atoms with van der Waals surface area (Å²) < 4.78 is 59.9. The van der Waals surface area contributed by atoms with Crippen molar-refractivity contribution in [1.29, 1.82) is 0 Å². The lowest BCUT2D eigenvalue weighted by molar-refractivity contribution is -0.138. The van der Waals surface area contributed by atoms with Crippen molar-refractivity contribution in [3.8, 4) is 5.75 Å². The monoisotopic (exact) mass is 647 g/mol. The van der Waals surface area contributed by atoms with E-state index < -0.39 is 52.5 Å². The van der Waals surface area contributed by atoms with Crippen molar-refractivity contribution in [1.82, 2.24) is 10.2 Å². The molecule has 1 unspecified atom stereocenters. The molecule has 0 spiro atoms. The average Bonchev–Trinajstić information content (AvgIpc) is 2.96. The molecule has 46 heavy (non-hydrogen) atoms. The highest BCUT2D eigenvalue weighted by Gasteiger charge is 2.45. The smallest absolute Gasteiger partial charge is 0.417 e. The van der Waals surface area contributed by atoms with E-state index in [1.165, 1.54) is 23.6 Å². The Hall–Kier alpha value is -3.80. The molecule has 2 aromatic carbocycles. The molecule has 1 fully saturated rings. The number of amides is 3. The number of methoxy groups -OCH3 is 1.